The molecule has 1 aromatic carbocycles. The average Bonchev–Trinajstić information content (AvgIpc) is 2.66. The Balaban J connectivity index is 3.08. The SMILES string of the molecule is CCC[CH2][Sn]([CH2]CCC)([CH2]CCC)/[C](C)=C\[C@@H](C)OC(=O)c1c(C)cc(C)cc1C. The number of allylic oxidation sites excluding steroid dienone is 1. The zero-order valence-electron chi connectivity index (χ0n) is 21.0. The van der Waals surface area contributed by atoms with Gasteiger partial charge in [-0.15, -0.1) is 0 Å². The first-order valence-corrected chi connectivity index (χ1v) is 19.7. The van der Waals surface area contributed by atoms with Gasteiger partial charge in [-0.1, -0.05) is 0 Å². The van der Waals surface area contributed by atoms with Gasteiger partial charge in [-0.25, -0.2) is 0 Å². The van der Waals surface area contributed by atoms with Gasteiger partial charge in [0.05, 0.1) is 0 Å². The number of benzene rings is 1. The van der Waals surface area contributed by atoms with Gasteiger partial charge in [-0.05, 0) is 0 Å². The maximum atomic E-state index is 12.9. The van der Waals surface area contributed by atoms with Crippen LogP contribution >= 0.6 is 0 Å². The van der Waals surface area contributed by atoms with Crippen molar-refractivity contribution in [2.75, 3.05) is 0 Å². The molecule has 0 aliphatic heterocycles. The molecule has 0 bridgehead atoms. The topological polar surface area (TPSA) is 26.3 Å². The minimum absolute atomic E-state index is 0.168. The summed E-state index contributed by atoms with van der Waals surface area (Å²) in [4.78, 5) is 12.9. The van der Waals surface area contributed by atoms with Crippen molar-refractivity contribution < 1.29 is 9.53 Å². The van der Waals surface area contributed by atoms with Crippen molar-refractivity contribution in [1.29, 1.82) is 0 Å². The quantitative estimate of drug-likeness (QED) is 0.192. The molecule has 3 heteroatoms. The van der Waals surface area contributed by atoms with Gasteiger partial charge in [0, 0.05) is 0 Å². The van der Waals surface area contributed by atoms with E-state index in [4.69, 9.17) is 4.74 Å². The number of hydrogen-bond donors (Lipinski definition) is 0. The molecule has 0 fully saturated rings. The normalized spacial score (nSPS) is 13.4. The van der Waals surface area contributed by atoms with Crippen LogP contribution in [0, 0.1) is 20.8 Å². The van der Waals surface area contributed by atoms with Crippen molar-refractivity contribution in [3.63, 3.8) is 0 Å². The summed E-state index contributed by atoms with van der Waals surface area (Å²) in [6.07, 6.45) is 10.0. The molecule has 0 aromatic heterocycles. The third-order valence-corrected chi connectivity index (χ3v) is 23.0. The first kappa shape index (κ1) is 27.3. The number of rotatable bonds is 13. The van der Waals surface area contributed by atoms with Gasteiger partial charge in [0.2, 0.25) is 0 Å². The Hall–Kier alpha value is -0.771. The summed E-state index contributed by atoms with van der Waals surface area (Å²) >= 11 is -2.42. The number of hydrogen-bond acceptors (Lipinski definition) is 2. The monoisotopic (exact) mass is 522 g/mol. The molecule has 0 heterocycles. The van der Waals surface area contributed by atoms with E-state index in [2.05, 4.69) is 52.8 Å². The first-order chi connectivity index (χ1) is 14.2. The standard InChI is InChI=1S/C15H19O2.3C4H9.Sn/c1-6-7-13(5)17-15(16)14-11(3)8-10(2)9-12(14)4;3*1-3-4-2;/h7-9,13H,1-5H3;3*1,3-4H2,2H3;/t13-;;;;/m1..../s1. The summed E-state index contributed by atoms with van der Waals surface area (Å²) in [6.45, 7) is 17.4. The van der Waals surface area contributed by atoms with E-state index >= 15 is 0 Å². The van der Waals surface area contributed by atoms with E-state index in [0.29, 0.717) is 0 Å². The van der Waals surface area contributed by atoms with E-state index in [1.807, 2.05) is 20.8 Å². The molecule has 0 aliphatic carbocycles. The van der Waals surface area contributed by atoms with Crippen LogP contribution in [0.2, 0.25) is 13.3 Å². The number of ether oxygens (including phenoxy) is 1. The summed E-state index contributed by atoms with van der Waals surface area (Å²) in [6, 6.07) is 4.13. The van der Waals surface area contributed by atoms with Crippen molar-refractivity contribution >= 4 is 24.3 Å². The van der Waals surface area contributed by atoms with Crippen molar-refractivity contribution in [2.24, 2.45) is 0 Å². The van der Waals surface area contributed by atoms with E-state index in [-0.39, 0.29) is 12.1 Å². The van der Waals surface area contributed by atoms with Crippen LogP contribution in [-0.2, 0) is 4.74 Å². The molecule has 1 atom stereocenters. The summed E-state index contributed by atoms with van der Waals surface area (Å²) < 4.78 is 11.9. The van der Waals surface area contributed by atoms with Crippen molar-refractivity contribution in [3.8, 4) is 0 Å². The molecule has 0 N–H and O–H groups in total. The Labute approximate surface area is 190 Å². The molecule has 0 amide bonds. The number of esters is 1. The molecule has 0 saturated carbocycles. The second-order valence-electron chi connectivity index (χ2n) is 9.32. The van der Waals surface area contributed by atoms with Gasteiger partial charge in [0.15, 0.2) is 0 Å². The fraction of sp³-hybridized carbons (Fsp3) is 0.667. The number of carbonyl (C=O) groups is 1. The molecule has 0 spiro atoms. The predicted molar refractivity (Wildman–Crippen MR) is 134 cm³/mol. The number of unbranched alkanes of at least 4 members (excludes halogenated alkanes) is 3. The van der Waals surface area contributed by atoms with Gasteiger partial charge in [0.1, 0.15) is 0 Å². The van der Waals surface area contributed by atoms with Crippen LogP contribution in [0.25, 0.3) is 0 Å². The first-order valence-electron chi connectivity index (χ1n) is 12.2. The molecule has 170 valence electrons. The third-order valence-electron chi connectivity index (χ3n) is 6.52. The number of aryl methyl sites for hydroxylation is 3. The van der Waals surface area contributed by atoms with Gasteiger partial charge in [0.25, 0.3) is 0 Å². The van der Waals surface area contributed by atoms with Crippen LogP contribution in [0.15, 0.2) is 21.8 Å². The second-order valence-corrected chi connectivity index (χ2v) is 23.2. The van der Waals surface area contributed by atoms with Crippen LogP contribution in [0.3, 0.4) is 0 Å². The number of carbonyl (C=O) groups excluding carboxylic acids is 1. The molecular weight excluding hydrogens is 475 g/mol. The Morgan fingerprint density at radius 2 is 1.37 bits per heavy atom. The summed E-state index contributed by atoms with van der Waals surface area (Å²) in [5.41, 5.74) is 3.93. The van der Waals surface area contributed by atoms with Crippen LogP contribution in [0.5, 0.6) is 0 Å². The Bertz CT molecular complexity index is 660. The zero-order valence-corrected chi connectivity index (χ0v) is 23.8. The van der Waals surface area contributed by atoms with E-state index in [0.717, 1.165) is 16.7 Å². The fourth-order valence-corrected chi connectivity index (χ4v) is 20.8. The maximum absolute atomic E-state index is 12.9. The van der Waals surface area contributed by atoms with E-state index in [9.17, 15) is 4.79 Å². The van der Waals surface area contributed by atoms with Crippen LogP contribution in [0.1, 0.15) is 100 Å². The predicted octanol–water partition coefficient (Wildman–Crippen LogP) is 8.49. The van der Waals surface area contributed by atoms with Crippen molar-refractivity contribution in [2.45, 2.75) is 113 Å². The molecule has 0 radical (unpaired) electrons. The van der Waals surface area contributed by atoms with Crippen molar-refractivity contribution in [1.82, 2.24) is 0 Å². The summed E-state index contributed by atoms with van der Waals surface area (Å²) in [5, 5.41) is 0. The van der Waals surface area contributed by atoms with E-state index < -0.39 is 18.4 Å². The van der Waals surface area contributed by atoms with Gasteiger partial charge in [-0.3, -0.25) is 0 Å². The van der Waals surface area contributed by atoms with E-state index in [1.54, 1.807) is 3.59 Å². The van der Waals surface area contributed by atoms with Crippen molar-refractivity contribution in [3.05, 3.63) is 44.1 Å². The third kappa shape index (κ3) is 8.05. The van der Waals surface area contributed by atoms with Gasteiger partial charge < -0.3 is 0 Å². The molecule has 0 unspecified atom stereocenters. The Morgan fingerprint density at radius 3 is 1.77 bits per heavy atom. The average molecular weight is 521 g/mol. The zero-order chi connectivity index (χ0) is 22.7. The molecule has 2 nitrogen and oxygen atoms in total. The molecular formula is C27H46O2Sn. The van der Waals surface area contributed by atoms with Gasteiger partial charge in [-0.2, -0.15) is 0 Å². The Morgan fingerprint density at radius 1 is 0.933 bits per heavy atom. The Kier molecular flexibility index (Phi) is 12.4. The second kappa shape index (κ2) is 13.6. The van der Waals surface area contributed by atoms with Crippen LogP contribution in [0.4, 0.5) is 0 Å². The fourth-order valence-electron chi connectivity index (χ4n) is 4.80. The minimum atomic E-state index is -2.42. The van der Waals surface area contributed by atoms with Gasteiger partial charge >= 0.3 is 191 Å². The van der Waals surface area contributed by atoms with Crippen LogP contribution in [-0.4, -0.2) is 30.5 Å². The molecule has 1 rings (SSSR count). The molecule has 1 aromatic rings. The summed E-state index contributed by atoms with van der Waals surface area (Å²) in [5.74, 6) is -0.182. The summed E-state index contributed by atoms with van der Waals surface area (Å²) in [7, 11) is 0. The molecule has 30 heavy (non-hydrogen) atoms. The molecule has 0 saturated heterocycles. The van der Waals surface area contributed by atoms with Crippen LogP contribution < -0.4 is 0 Å². The van der Waals surface area contributed by atoms with E-state index in [1.165, 1.54) is 57.4 Å². The molecule has 0 aliphatic rings.